The highest BCUT2D eigenvalue weighted by atomic mass is 35.5. The van der Waals surface area contributed by atoms with Crippen molar-refractivity contribution >= 4 is 77.7 Å². The Hall–Kier alpha value is -4.34. The highest BCUT2D eigenvalue weighted by molar-refractivity contribution is 7.90. The van der Waals surface area contributed by atoms with Gasteiger partial charge in [-0.2, -0.15) is 5.10 Å². The summed E-state index contributed by atoms with van der Waals surface area (Å²) in [6.45, 7) is 27.6. The number of ether oxygens (including phenoxy) is 3. The number of pyridine rings is 1. The number of piperazine rings is 1. The molecule has 2 aliphatic carbocycles. The van der Waals surface area contributed by atoms with Gasteiger partial charge < -0.3 is 23.5 Å². The minimum atomic E-state index is -4.52. The number of nitrogens with zero attached hydrogens (tertiary/aromatic N) is 5. The molecule has 8 rings (SSSR count). The minimum Gasteiger partial charge on any atom is -0.476 e. The number of fused-ring (bicyclic) bond motifs is 1. The quantitative estimate of drug-likeness (QED) is 0.0625. The van der Waals surface area contributed by atoms with Gasteiger partial charge in [0.05, 0.1) is 35.5 Å². The summed E-state index contributed by atoms with van der Waals surface area (Å²) in [5.41, 5.74) is 5.39. The van der Waals surface area contributed by atoms with Gasteiger partial charge >= 0.3 is 0 Å². The normalized spacial score (nSPS) is 19.0. The molecular formula is C57H77Cl2FN6O7SSi2. The highest BCUT2D eigenvalue weighted by Gasteiger charge is 2.40. The number of rotatable bonds is 19. The number of amides is 1. The molecule has 3 aliphatic rings. The van der Waals surface area contributed by atoms with Crippen molar-refractivity contribution in [2.24, 2.45) is 11.3 Å². The number of halogens is 3. The Morgan fingerprint density at radius 1 is 0.908 bits per heavy atom. The van der Waals surface area contributed by atoms with E-state index in [9.17, 15) is 13.2 Å². The van der Waals surface area contributed by atoms with E-state index in [4.69, 9.17) is 41.8 Å². The average Bonchev–Trinajstić information content (AvgIpc) is 3.76. The van der Waals surface area contributed by atoms with E-state index >= 15 is 4.39 Å². The molecule has 0 atom stereocenters. The largest absolute Gasteiger partial charge is 0.476 e. The molecule has 0 unspecified atom stereocenters. The molecule has 412 valence electrons. The number of hydrogen-bond acceptors (Lipinski definition) is 11. The molecule has 1 amide bonds. The summed E-state index contributed by atoms with van der Waals surface area (Å²) in [5.74, 6) is -1.03. The molecule has 0 radical (unpaired) electrons. The fraction of sp³-hybridized carbons (Fsp3) is 0.526. The predicted molar refractivity (Wildman–Crippen MR) is 308 cm³/mol. The van der Waals surface area contributed by atoms with Crippen LogP contribution in [0.25, 0.3) is 16.5 Å². The van der Waals surface area contributed by atoms with E-state index in [2.05, 4.69) is 104 Å². The molecule has 1 saturated heterocycles. The molecule has 76 heavy (non-hydrogen) atoms. The van der Waals surface area contributed by atoms with Crippen LogP contribution >= 0.6 is 23.2 Å². The first kappa shape index (κ1) is 57.8. The zero-order valence-electron chi connectivity index (χ0n) is 46.0. The Kier molecular flexibility index (Phi) is 17.9. The molecule has 13 nitrogen and oxygen atoms in total. The van der Waals surface area contributed by atoms with E-state index < -0.39 is 38.1 Å². The summed E-state index contributed by atoms with van der Waals surface area (Å²) in [6.07, 6.45) is 9.84. The van der Waals surface area contributed by atoms with Gasteiger partial charge in [-0.25, -0.2) is 27.2 Å². The second kappa shape index (κ2) is 23.6. The predicted octanol–water partition coefficient (Wildman–Crippen LogP) is 13.8. The zero-order chi connectivity index (χ0) is 54.8. The van der Waals surface area contributed by atoms with E-state index in [1.165, 1.54) is 41.0 Å². The SMILES string of the molecule is CC1(C)CCC(CN2CCN(c3ccc(C(=O)NS(=O)(=O)c4cnc(OCC5CCC(O[Si](C)(C)C(C)(C)C)CC5)c(Cl)c4)c(Oc4cc(F)cc5c4cnn5COCC[Si](C)(C)C)c3)CC2)=C(c2ccc(Cl)cc2)C1. The van der Waals surface area contributed by atoms with Crippen molar-refractivity contribution in [3.05, 3.63) is 106 Å². The standard InChI is InChI=1S/C57H77Cl2FN6O7SSi2/c1-56(2,3)76(9,10)73-45-18-11-39(12-19-45)37-71-55-50(59)32-46(34-61-55)74(68,69)63-54(67)47-20-17-44(31-53(47)72-52-30-43(60)29-51-49(52)35-62-66(51)38-70-27-28-75(6,7)8)65-25-23-64(24-26-65)36-41-21-22-57(4,5)33-48(41)40-13-15-42(58)16-14-40/h13-17,20,29-32,34-35,39,45H,11-12,18-19,21-28,33,36-38H2,1-10H3,(H,63,67). The topological polar surface area (TPSA) is 137 Å². The van der Waals surface area contributed by atoms with Crippen molar-refractivity contribution in [2.75, 3.05) is 50.8 Å². The Morgan fingerprint density at radius 2 is 1.62 bits per heavy atom. The van der Waals surface area contributed by atoms with Gasteiger partial charge in [-0.3, -0.25) is 9.69 Å². The van der Waals surface area contributed by atoms with Crippen LogP contribution in [0.5, 0.6) is 17.4 Å². The average molecular weight is 1140 g/mol. The molecular weight excluding hydrogens is 1060 g/mol. The second-order valence-corrected chi connectivity index (χ2v) is 37.4. The van der Waals surface area contributed by atoms with Crippen LogP contribution in [-0.2, 0) is 25.9 Å². The smallest absolute Gasteiger partial charge is 0.268 e. The number of anilines is 1. The van der Waals surface area contributed by atoms with Crippen LogP contribution in [0.4, 0.5) is 10.1 Å². The molecule has 2 aromatic heterocycles. The van der Waals surface area contributed by atoms with Crippen LogP contribution < -0.4 is 19.1 Å². The van der Waals surface area contributed by atoms with E-state index in [1.807, 2.05) is 12.1 Å². The lowest BCUT2D eigenvalue weighted by Gasteiger charge is -2.41. The van der Waals surface area contributed by atoms with Crippen molar-refractivity contribution < 1.29 is 36.2 Å². The number of hydrogen-bond donors (Lipinski definition) is 1. The maximum Gasteiger partial charge on any atom is 0.268 e. The van der Waals surface area contributed by atoms with Gasteiger partial charge in [0.2, 0.25) is 5.88 Å². The third-order valence-corrected chi connectivity index (χ3v) is 23.8. The Bertz CT molecular complexity index is 3020. The summed E-state index contributed by atoms with van der Waals surface area (Å²) >= 11 is 12.9. The molecule has 3 heterocycles. The van der Waals surface area contributed by atoms with Crippen LogP contribution in [0.1, 0.15) is 95.5 Å². The fourth-order valence-corrected chi connectivity index (χ4v) is 13.5. The summed E-state index contributed by atoms with van der Waals surface area (Å²) in [5, 5.41) is 5.84. The van der Waals surface area contributed by atoms with E-state index in [0.29, 0.717) is 37.2 Å². The van der Waals surface area contributed by atoms with E-state index in [-0.39, 0.29) is 62.1 Å². The first-order valence-corrected chi connectivity index (χ1v) is 35.6. The van der Waals surface area contributed by atoms with Gasteiger partial charge in [0.25, 0.3) is 15.9 Å². The summed E-state index contributed by atoms with van der Waals surface area (Å²) < 4.78 is 72.4. The number of nitrogens with one attached hydrogen (secondary N) is 1. The number of sulfonamides is 1. The molecule has 1 saturated carbocycles. The third-order valence-electron chi connectivity index (χ3n) is 15.7. The van der Waals surface area contributed by atoms with Gasteiger partial charge in [-0.15, -0.1) is 0 Å². The first-order valence-electron chi connectivity index (χ1n) is 26.7. The van der Waals surface area contributed by atoms with Crippen molar-refractivity contribution in [3.63, 3.8) is 0 Å². The van der Waals surface area contributed by atoms with Gasteiger partial charge in [-0.05, 0) is 122 Å². The van der Waals surface area contributed by atoms with Gasteiger partial charge in [0.15, 0.2) is 8.32 Å². The molecule has 5 aromatic rings. The molecule has 0 spiro atoms. The molecule has 1 aliphatic heterocycles. The van der Waals surface area contributed by atoms with E-state index in [1.54, 1.807) is 23.0 Å². The first-order chi connectivity index (χ1) is 35.7. The van der Waals surface area contributed by atoms with Crippen LogP contribution in [0.2, 0.25) is 53.9 Å². The second-order valence-electron chi connectivity index (χ2n) is 24.5. The number of allylic oxidation sites excluding steroid dienone is 1. The Morgan fingerprint density at radius 3 is 2.29 bits per heavy atom. The third kappa shape index (κ3) is 14.7. The van der Waals surface area contributed by atoms with Crippen LogP contribution in [-0.4, -0.2) is 102 Å². The molecule has 3 aromatic carbocycles. The fourth-order valence-electron chi connectivity index (χ4n) is 9.93. The zero-order valence-corrected chi connectivity index (χ0v) is 50.4. The van der Waals surface area contributed by atoms with Crippen molar-refractivity contribution in [3.8, 4) is 17.4 Å². The maximum atomic E-state index is 15.6. The maximum absolute atomic E-state index is 15.6. The van der Waals surface area contributed by atoms with E-state index in [0.717, 1.165) is 87.5 Å². The lowest BCUT2D eigenvalue weighted by Crippen LogP contribution is -2.47. The number of carbonyl (C=O) groups is 1. The number of aromatic nitrogens is 3. The molecule has 1 N–H and O–H groups in total. The lowest BCUT2D eigenvalue weighted by molar-refractivity contribution is 0.0816. The van der Waals surface area contributed by atoms with Crippen molar-refractivity contribution in [1.82, 2.24) is 24.4 Å². The van der Waals surface area contributed by atoms with Crippen LogP contribution in [0.3, 0.4) is 0 Å². The van der Waals surface area contributed by atoms with Crippen molar-refractivity contribution in [2.45, 2.75) is 141 Å². The highest BCUT2D eigenvalue weighted by Crippen LogP contribution is 2.44. The summed E-state index contributed by atoms with van der Waals surface area (Å²) in [7, 11) is -7.75. The Labute approximate surface area is 462 Å². The van der Waals surface area contributed by atoms with Gasteiger partial charge in [0, 0.05) is 82.4 Å². The molecule has 19 heteroatoms. The lowest BCUT2D eigenvalue weighted by atomic mass is 9.72. The summed E-state index contributed by atoms with van der Waals surface area (Å²) in [4.78, 5) is 22.9. The van der Waals surface area contributed by atoms with Crippen molar-refractivity contribution in [1.29, 1.82) is 0 Å². The molecule has 2 fully saturated rings. The van der Waals surface area contributed by atoms with Gasteiger partial charge in [-0.1, -0.05) is 95.2 Å². The monoisotopic (exact) mass is 1130 g/mol. The minimum absolute atomic E-state index is 0.00252. The van der Waals surface area contributed by atoms with Crippen LogP contribution in [0.15, 0.2) is 83.5 Å². The number of benzene rings is 3. The summed E-state index contributed by atoms with van der Waals surface area (Å²) in [6, 6.07) is 18.0. The number of carbonyl (C=O) groups excluding carboxylic acids is 1. The Balaban J connectivity index is 0.988. The van der Waals surface area contributed by atoms with Crippen LogP contribution in [0, 0.1) is 17.2 Å². The van der Waals surface area contributed by atoms with Gasteiger partial charge in [0.1, 0.15) is 34.0 Å². The molecule has 0 bridgehead atoms.